The van der Waals surface area contributed by atoms with E-state index in [2.05, 4.69) is 16.4 Å². The Balaban J connectivity index is 1.71. The van der Waals surface area contributed by atoms with E-state index >= 15 is 0 Å². The first-order valence-corrected chi connectivity index (χ1v) is 10.3. The Morgan fingerprint density at radius 1 is 1.42 bits per heavy atom. The van der Waals surface area contributed by atoms with E-state index in [1.807, 2.05) is 0 Å². The quantitative estimate of drug-likeness (QED) is 0.609. The molecule has 3 aromatic rings. The fraction of sp³-hybridized carbons (Fsp3) is 0.364. The summed E-state index contributed by atoms with van der Waals surface area (Å²) < 4.78 is 40.6. The molecule has 3 N–H and O–H groups in total. The molecule has 3 aromatic heterocycles. The zero-order valence-electron chi connectivity index (χ0n) is 17.6. The number of anilines is 1. The molecule has 0 radical (unpaired) electrons. The number of methoxy groups -OCH3 is 1. The van der Waals surface area contributed by atoms with Crippen molar-refractivity contribution in [1.29, 1.82) is 5.26 Å². The van der Waals surface area contributed by atoms with Crippen molar-refractivity contribution < 1.29 is 23.0 Å². The SMILES string of the molecule is CO[C@@]1(c2cc(C#N)cc(-c3cn([C@H]4CC4(F)F)c4cnc(NC(N)=O)cc34)n2)CCOC1. The highest BCUT2D eigenvalue weighted by atomic mass is 19.3. The lowest BCUT2D eigenvalue weighted by Gasteiger charge is -2.25. The van der Waals surface area contributed by atoms with E-state index in [0.717, 1.165) is 0 Å². The van der Waals surface area contributed by atoms with Crippen molar-refractivity contribution in [3.05, 3.63) is 41.9 Å². The highest BCUT2D eigenvalue weighted by molar-refractivity contribution is 5.98. The second-order valence-electron chi connectivity index (χ2n) is 8.25. The van der Waals surface area contributed by atoms with Gasteiger partial charge in [0.1, 0.15) is 17.5 Å². The summed E-state index contributed by atoms with van der Waals surface area (Å²) in [4.78, 5) is 20.2. The van der Waals surface area contributed by atoms with E-state index in [0.29, 0.717) is 46.4 Å². The molecule has 0 aromatic carbocycles. The lowest BCUT2D eigenvalue weighted by Crippen LogP contribution is -2.30. The van der Waals surface area contributed by atoms with E-state index in [1.54, 1.807) is 31.5 Å². The van der Waals surface area contributed by atoms with Gasteiger partial charge in [-0.2, -0.15) is 5.26 Å². The van der Waals surface area contributed by atoms with E-state index in [9.17, 15) is 18.8 Å². The molecule has 2 atom stereocenters. The van der Waals surface area contributed by atoms with Gasteiger partial charge in [0.2, 0.25) is 0 Å². The van der Waals surface area contributed by atoms with Gasteiger partial charge in [-0.3, -0.25) is 5.32 Å². The Morgan fingerprint density at radius 2 is 2.21 bits per heavy atom. The van der Waals surface area contributed by atoms with Gasteiger partial charge in [0, 0.05) is 43.7 Å². The third-order valence-corrected chi connectivity index (χ3v) is 6.17. The first-order valence-electron chi connectivity index (χ1n) is 10.3. The summed E-state index contributed by atoms with van der Waals surface area (Å²) in [6.45, 7) is 0.781. The Hall–Kier alpha value is -3.62. The Kier molecular flexibility index (Phi) is 4.81. The van der Waals surface area contributed by atoms with Crippen LogP contribution in [0.15, 0.2) is 30.6 Å². The topological polar surface area (TPSA) is 128 Å². The monoisotopic (exact) mass is 454 g/mol. The molecule has 9 nitrogen and oxygen atoms in total. The fourth-order valence-corrected chi connectivity index (χ4v) is 4.29. The Bertz CT molecular complexity index is 1310. The van der Waals surface area contributed by atoms with Gasteiger partial charge in [-0.25, -0.2) is 23.5 Å². The number of pyridine rings is 2. The summed E-state index contributed by atoms with van der Waals surface area (Å²) in [7, 11) is 1.56. The van der Waals surface area contributed by atoms with Crippen LogP contribution in [0.1, 0.15) is 30.1 Å². The maximum Gasteiger partial charge on any atom is 0.317 e. The smallest absolute Gasteiger partial charge is 0.317 e. The number of urea groups is 1. The number of halogens is 2. The van der Waals surface area contributed by atoms with Gasteiger partial charge in [0.05, 0.1) is 41.3 Å². The summed E-state index contributed by atoms with van der Waals surface area (Å²) >= 11 is 0. The molecule has 0 spiro atoms. The molecule has 1 aliphatic heterocycles. The van der Waals surface area contributed by atoms with Crippen LogP contribution >= 0.6 is 0 Å². The number of rotatable bonds is 5. The van der Waals surface area contributed by atoms with E-state index in [-0.39, 0.29) is 18.8 Å². The normalized spacial score (nSPS) is 23.4. The van der Waals surface area contributed by atoms with Crippen LogP contribution in [0.4, 0.5) is 19.4 Å². The van der Waals surface area contributed by atoms with Crippen molar-refractivity contribution in [2.45, 2.75) is 30.4 Å². The van der Waals surface area contributed by atoms with Crippen molar-refractivity contribution in [3.63, 3.8) is 0 Å². The number of hydrogen-bond acceptors (Lipinski definition) is 6. The summed E-state index contributed by atoms with van der Waals surface area (Å²) in [6, 6.07) is 5.13. The zero-order chi connectivity index (χ0) is 23.4. The number of aromatic nitrogens is 3. The predicted molar refractivity (Wildman–Crippen MR) is 114 cm³/mol. The fourth-order valence-electron chi connectivity index (χ4n) is 4.29. The van der Waals surface area contributed by atoms with Crippen molar-refractivity contribution in [1.82, 2.24) is 14.5 Å². The number of nitrogens with zero attached hydrogens (tertiary/aromatic N) is 4. The average Bonchev–Trinajstić information content (AvgIpc) is 3.14. The summed E-state index contributed by atoms with van der Waals surface area (Å²) in [5.41, 5.74) is 6.67. The molecule has 1 saturated carbocycles. The number of amides is 2. The molecule has 33 heavy (non-hydrogen) atoms. The molecule has 1 saturated heterocycles. The van der Waals surface area contributed by atoms with Crippen molar-refractivity contribution in [3.8, 4) is 17.3 Å². The van der Waals surface area contributed by atoms with E-state index in [4.69, 9.17) is 20.2 Å². The lowest BCUT2D eigenvalue weighted by atomic mass is 9.95. The third-order valence-electron chi connectivity index (χ3n) is 6.17. The Morgan fingerprint density at radius 3 is 2.82 bits per heavy atom. The van der Waals surface area contributed by atoms with Crippen molar-refractivity contribution in [2.75, 3.05) is 25.6 Å². The summed E-state index contributed by atoms with van der Waals surface area (Å²) in [5, 5.41) is 12.6. The van der Waals surface area contributed by atoms with E-state index in [1.165, 1.54) is 10.8 Å². The van der Waals surface area contributed by atoms with Gasteiger partial charge in [-0.05, 0) is 18.2 Å². The summed E-state index contributed by atoms with van der Waals surface area (Å²) in [5.74, 6) is -2.65. The molecule has 4 heterocycles. The maximum atomic E-state index is 14.0. The van der Waals surface area contributed by atoms with Crippen LogP contribution in [-0.2, 0) is 15.1 Å². The molecule has 2 aliphatic rings. The van der Waals surface area contributed by atoms with Crippen LogP contribution in [-0.4, -0.2) is 46.8 Å². The Labute approximate surface area is 187 Å². The molecule has 2 fully saturated rings. The van der Waals surface area contributed by atoms with Crippen molar-refractivity contribution >= 4 is 22.8 Å². The highest BCUT2D eigenvalue weighted by Crippen LogP contribution is 2.54. The number of ether oxygens (including phenoxy) is 2. The van der Waals surface area contributed by atoms with Crippen LogP contribution in [0.25, 0.3) is 22.2 Å². The molecule has 1 aliphatic carbocycles. The number of hydrogen-bond donors (Lipinski definition) is 2. The van der Waals surface area contributed by atoms with E-state index < -0.39 is 23.6 Å². The highest BCUT2D eigenvalue weighted by Gasteiger charge is 2.58. The molecule has 5 rings (SSSR count). The number of nitrogens with one attached hydrogen (secondary N) is 1. The second kappa shape index (κ2) is 7.47. The number of carbonyl (C=O) groups is 1. The van der Waals surface area contributed by atoms with Gasteiger partial charge in [0.15, 0.2) is 0 Å². The number of nitrogens with two attached hydrogens (primary N) is 1. The number of carbonyl (C=O) groups excluding carboxylic acids is 1. The number of fused-ring (bicyclic) bond motifs is 1. The van der Waals surface area contributed by atoms with Crippen LogP contribution in [0.5, 0.6) is 0 Å². The molecule has 170 valence electrons. The van der Waals surface area contributed by atoms with Gasteiger partial charge >= 0.3 is 6.03 Å². The van der Waals surface area contributed by atoms with Gasteiger partial charge in [-0.1, -0.05) is 0 Å². The van der Waals surface area contributed by atoms with Crippen LogP contribution in [0.2, 0.25) is 0 Å². The molecule has 11 heteroatoms. The second-order valence-corrected chi connectivity index (χ2v) is 8.25. The molecule has 2 amide bonds. The zero-order valence-corrected chi connectivity index (χ0v) is 17.6. The van der Waals surface area contributed by atoms with Crippen molar-refractivity contribution in [2.24, 2.45) is 5.73 Å². The standard InChI is InChI=1S/C22H20F2N6O3/c1-32-21(2-3-33-11-21)17-5-12(8-25)4-15(28-17)14-10-30(18-7-22(18,23)24)16-9-27-19(6-13(14)16)29-20(26)31/h4-6,9-10,18H,2-3,7,11H2,1H3,(H3,26,27,29,31)/t18-,21-/m0/s1. The van der Waals surface area contributed by atoms with Crippen LogP contribution in [0.3, 0.4) is 0 Å². The minimum atomic E-state index is -2.82. The first kappa shape index (κ1) is 21.2. The molecule has 0 unspecified atom stereocenters. The van der Waals surface area contributed by atoms with Gasteiger partial charge < -0.3 is 19.8 Å². The number of primary amides is 1. The van der Waals surface area contributed by atoms with Gasteiger partial charge in [-0.15, -0.1) is 0 Å². The summed E-state index contributed by atoms with van der Waals surface area (Å²) in [6.07, 6.45) is 3.29. The lowest BCUT2D eigenvalue weighted by molar-refractivity contribution is -0.0245. The third kappa shape index (κ3) is 3.57. The maximum absolute atomic E-state index is 14.0. The first-order chi connectivity index (χ1) is 15.8. The minimum absolute atomic E-state index is 0.172. The van der Waals surface area contributed by atoms with Crippen LogP contribution in [0, 0.1) is 11.3 Å². The molecular weight excluding hydrogens is 434 g/mol. The number of nitriles is 1. The molecule has 0 bridgehead atoms. The number of alkyl halides is 2. The van der Waals surface area contributed by atoms with Crippen LogP contribution < -0.4 is 11.1 Å². The molecular formula is C22H20F2N6O3. The largest absolute Gasteiger partial charge is 0.378 e. The van der Waals surface area contributed by atoms with Gasteiger partial charge in [0.25, 0.3) is 5.92 Å². The minimum Gasteiger partial charge on any atom is -0.378 e. The predicted octanol–water partition coefficient (Wildman–Crippen LogP) is 3.30. The average molecular weight is 454 g/mol.